The number of benzene rings is 1. The number of hydrogen-bond donors (Lipinski definition) is 2. The fraction of sp³-hybridized carbons (Fsp3) is 0.467. The van der Waals surface area contributed by atoms with Gasteiger partial charge in [0.2, 0.25) is 0 Å². The summed E-state index contributed by atoms with van der Waals surface area (Å²) in [5, 5.41) is 11.2. The molecule has 1 aromatic rings. The maximum absolute atomic E-state index is 13.2. The number of carbonyl (C=O) groups excluding carboxylic acids is 1. The molecule has 1 aromatic carbocycles. The second-order valence-corrected chi connectivity index (χ2v) is 4.83. The topological polar surface area (TPSA) is 66.4 Å². The first-order chi connectivity index (χ1) is 9.49. The normalized spacial score (nSPS) is 10.3. The molecule has 5 heteroatoms. The van der Waals surface area contributed by atoms with E-state index in [1.54, 1.807) is 13.0 Å². The zero-order chi connectivity index (χ0) is 15.0. The number of nitrogens with one attached hydrogen (secondary N) is 1. The predicted octanol–water partition coefficient (Wildman–Crippen LogP) is 2.90. The predicted molar refractivity (Wildman–Crippen MR) is 74.2 cm³/mol. The quantitative estimate of drug-likeness (QED) is 0.720. The first-order valence-corrected chi connectivity index (χ1v) is 6.76. The van der Waals surface area contributed by atoms with Gasteiger partial charge in [0.1, 0.15) is 5.82 Å². The smallest absolute Gasteiger partial charge is 0.303 e. The minimum Gasteiger partial charge on any atom is -0.481 e. The first kappa shape index (κ1) is 16.1. The van der Waals surface area contributed by atoms with Gasteiger partial charge in [-0.15, -0.1) is 0 Å². The van der Waals surface area contributed by atoms with Gasteiger partial charge in [0, 0.05) is 18.5 Å². The minimum atomic E-state index is -0.778. The number of unbranched alkanes of at least 4 members (excludes halogenated alkanes) is 3. The summed E-state index contributed by atoms with van der Waals surface area (Å²) in [4.78, 5) is 22.1. The van der Waals surface area contributed by atoms with Crippen molar-refractivity contribution in [1.82, 2.24) is 5.32 Å². The van der Waals surface area contributed by atoms with Crippen LogP contribution in [0.4, 0.5) is 4.39 Å². The third kappa shape index (κ3) is 6.31. The summed E-state index contributed by atoms with van der Waals surface area (Å²) in [6.07, 6.45) is 3.35. The van der Waals surface area contributed by atoms with E-state index < -0.39 is 11.8 Å². The van der Waals surface area contributed by atoms with Crippen LogP contribution in [0.3, 0.4) is 0 Å². The molecule has 0 spiro atoms. The molecule has 4 nitrogen and oxygen atoms in total. The summed E-state index contributed by atoms with van der Waals surface area (Å²) in [6.45, 7) is 2.25. The molecule has 20 heavy (non-hydrogen) atoms. The summed E-state index contributed by atoms with van der Waals surface area (Å²) in [7, 11) is 0. The molecular weight excluding hydrogens is 261 g/mol. The molecule has 0 saturated carbocycles. The Morgan fingerprint density at radius 3 is 2.50 bits per heavy atom. The van der Waals surface area contributed by atoms with Crippen LogP contribution in [0.25, 0.3) is 0 Å². The molecule has 0 unspecified atom stereocenters. The molecule has 1 rings (SSSR count). The molecule has 110 valence electrons. The van der Waals surface area contributed by atoms with Crippen LogP contribution in [0, 0.1) is 12.7 Å². The highest BCUT2D eigenvalue weighted by Gasteiger charge is 2.07. The number of hydrogen-bond acceptors (Lipinski definition) is 2. The van der Waals surface area contributed by atoms with Gasteiger partial charge < -0.3 is 10.4 Å². The summed E-state index contributed by atoms with van der Waals surface area (Å²) in [6, 6.07) is 4.24. The number of amides is 1. The number of aliphatic carboxylic acids is 1. The zero-order valence-electron chi connectivity index (χ0n) is 11.6. The van der Waals surface area contributed by atoms with Crippen molar-refractivity contribution in [2.45, 2.75) is 39.0 Å². The molecule has 1 amide bonds. The van der Waals surface area contributed by atoms with Gasteiger partial charge in [0.05, 0.1) is 0 Å². The first-order valence-electron chi connectivity index (χ1n) is 6.76. The Bertz CT molecular complexity index is 454. The van der Waals surface area contributed by atoms with Crippen molar-refractivity contribution in [3.8, 4) is 0 Å². The molecule has 0 aliphatic rings. The van der Waals surface area contributed by atoms with Crippen LogP contribution in [0.2, 0.25) is 0 Å². The van der Waals surface area contributed by atoms with Gasteiger partial charge >= 0.3 is 5.97 Å². The number of rotatable bonds is 8. The van der Waals surface area contributed by atoms with Gasteiger partial charge in [0.25, 0.3) is 5.91 Å². The highest BCUT2D eigenvalue weighted by atomic mass is 19.1. The van der Waals surface area contributed by atoms with Crippen molar-refractivity contribution < 1.29 is 19.1 Å². The highest BCUT2D eigenvalue weighted by Crippen LogP contribution is 2.08. The molecule has 0 heterocycles. The lowest BCUT2D eigenvalue weighted by molar-refractivity contribution is -0.137. The molecule has 0 saturated heterocycles. The molecular formula is C15H20FNO3. The second kappa shape index (κ2) is 8.30. The summed E-state index contributed by atoms with van der Waals surface area (Å²) < 4.78 is 13.2. The third-order valence-corrected chi connectivity index (χ3v) is 2.91. The van der Waals surface area contributed by atoms with Crippen LogP contribution in [-0.4, -0.2) is 23.5 Å². The second-order valence-electron chi connectivity index (χ2n) is 4.83. The van der Waals surface area contributed by atoms with Gasteiger partial charge in [0.15, 0.2) is 0 Å². The molecule has 0 atom stereocenters. The van der Waals surface area contributed by atoms with Gasteiger partial charge in [-0.2, -0.15) is 0 Å². The fourth-order valence-corrected chi connectivity index (χ4v) is 1.93. The number of carboxylic acids is 1. The molecule has 0 radical (unpaired) electrons. The van der Waals surface area contributed by atoms with Crippen molar-refractivity contribution in [3.63, 3.8) is 0 Å². The van der Waals surface area contributed by atoms with E-state index in [4.69, 9.17) is 5.11 Å². The average Bonchev–Trinajstić information content (AvgIpc) is 2.35. The van der Waals surface area contributed by atoms with Gasteiger partial charge in [-0.1, -0.05) is 12.8 Å². The van der Waals surface area contributed by atoms with Crippen LogP contribution < -0.4 is 5.32 Å². The van der Waals surface area contributed by atoms with E-state index in [0.29, 0.717) is 24.1 Å². The van der Waals surface area contributed by atoms with Gasteiger partial charge in [-0.25, -0.2) is 4.39 Å². The van der Waals surface area contributed by atoms with Gasteiger partial charge in [-0.05, 0) is 43.5 Å². The molecule has 0 aliphatic carbocycles. The maximum atomic E-state index is 13.2. The van der Waals surface area contributed by atoms with Gasteiger partial charge in [-0.3, -0.25) is 9.59 Å². The summed E-state index contributed by atoms with van der Waals surface area (Å²) in [5.41, 5.74) is 1.04. The van der Waals surface area contributed by atoms with Crippen molar-refractivity contribution >= 4 is 11.9 Å². The van der Waals surface area contributed by atoms with E-state index in [-0.39, 0.29) is 12.3 Å². The summed E-state index contributed by atoms with van der Waals surface area (Å²) in [5.74, 6) is -1.47. The molecule has 2 N–H and O–H groups in total. The standard InChI is InChI=1S/C15H20FNO3/c1-11-8-12(10-13(16)9-11)15(20)17-7-5-3-2-4-6-14(18)19/h8-10H,2-7H2,1H3,(H,17,20)(H,18,19). The number of halogens is 1. The van der Waals surface area contributed by atoms with Crippen molar-refractivity contribution in [3.05, 3.63) is 35.1 Å². The maximum Gasteiger partial charge on any atom is 0.303 e. The number of carbonyl (C=O) groups is 2. The van der Waals surface area contributed by atoms with Crippen molar-refractivity contribution in [2.24, 2.45) is 0 Å². The van der Waals surface area contributed by atoms with E-state index in [2.05, 4.69) is 5.32 Å². The van der Waals surface area contributed by atoms with Crippen LogP contribution in [0.15, 0.2) is 18.2 Å². The molecule has 0 fully saturated rings. The van der Waals surface area contributed by atoms with Crippen LogP contribution >= 0.6 is 0 Å². The van der Waals surface area contributed by atoms with Crippen molar-refractivity contribution in [2.75, 3.05) is 6.54 Å². The highest BCUT2D eigenvalue weighted by molar-refractivity contribution is 5.94. The van der Waals surface area contributed by atoms with Crippen LogP contribution in [-0.2, 0) is 4.79 Å². The Kier molecular flexibility index (Phi) is 6.70. The monoisotopic (exact) mass is 281 g/mol. The molecule has 0 bridgehead atoms. The Morgan fingerprint density at radius 1 is 1.15 bits per heavy atom. The number of carboxylic acid groups (broad SMARTS) is 1. The van der Waals surface area contributed by atoms with E-state index >= 15 is 0 Å². The lowest BCUT2D eigenvalue weighted by atomic mass is 10.1. The Balaban J connectivity index is 2.21. The zero-order valence-corrected chi connectivity index (χ0v) is 11.6. The van der Waals surface area contributed by atoms with Crippen LogP contribution in [0.1, 0.15) is 48.0 Å². The fourth-order valence-electron chi connectivity index (χ4n) is 1.93. The summed E-state index contributed by atoms with van der Waals surface area (Å²) >= 11 is 0. The largest absolute Gasteiger partial charge is 0.481 e. The SMILES string of the molecule is Cc1cc(F)cc(C(=O)NCCCCCCC(=O)O)c1. The van der Waals surface area contributed by atoms with E-state index in [9.17, 15) is 14.0 Å². The molecule has 0 aliphatic heterocycles. The number of aryl methyl sites for hydroxylation is 1. The average molecular weight is 281 g/mol. The lowest BCUT2D eigenvalue weighted by Gasteiger charge is -2.06. The molecule has 0 aromatic heterocycles. The minimum absolute atomic E-state index is 0.189. The Hall–Kier alpha value is -1.91. The lowest BCUT2D eigenvalue weighted by Crippen LogP contribution is -2.24. The van der Waals surface area contributed by atoms with E-state index in [1.165, 1.54) is 12.1 Å². The Labute approximate surface area is 118 Å². The third-order valence-electron chi connectivity index (χ3n) is 2.91. The Morgan fingerprint density at radius 2 is 1.85 bits per heavy atom. The van der Waals surface area contributed by atoms with Crippen LogP contribution in [0.5, 0.6) is 0 Å². The van der Waals surface area contributed by atoms with E-state index in [0.717, 1.165) is 19.3 Å². The van der Waals surface area contributed by atoms with E-state index in [1.807, 2.05) is 0 Å². The van der Waals surface area contributed by atoms with Crippen molar-refractivity contribution in [1.29, 1.82) is 0 Å².